The predicted octanol–water partition coefficient (Wildman–Crippen LogP) is 2.86. The van der Waals surface area contributed by atoms with E-state index < -0.39 is 0 Å². The summed E-state index contributed by atoms with van der Waals surface area (Å²) in [7, 11) is 0. The first kappa shape index (κ1) is 13.1. The molecule has 0 saturated heterocycles. The molecule has 2 aromatic rings. The molecule has 0 unspecified atom stereocenters. The van der Waals surface area contributed by atoms with Crippen LogP contribution >= 0.6 is 11.8 Å². The molecular weight excluding hydrogens is 246 g/mol. The van der Waals surface area contributed by atoms with E-state index in [1.807, 2.05) is 0 Å². The van der Waals surface area contributed by atoms with E-state index in [1.165, 1.54) is 16.9 Å². The quantitative estimate of drug-likeness (QED) is 0.812. The van der Waals surface area contributed by atoms with Gasteiger partial charge in [-0.25, -0.2) is 0 Å². The zero-order chi connectivity index (χ0) is 12.8. The molecule has 0 saturated carbocycles. The Morgan fingerprint density at radius 3 is 3.00 bits per heavy atom. The lowest BCUT2D eigenvalue weighted by Gasteiger charge is -2.09. The van der Waals surface area contributed by atoms with Crippen LogP contribution in [0.25, 0.3) is 0 Å². The van der Waals surface area contributed by atoms with Crippen LogP contribution in [-0.4, -0.2) is 16.2 Å². The van der Waals surface area contributed by atoms with E-state index in [0.29, 0.717) is 6.04 Å². The fourth-order valence-corrected chi connectivity index (χ4v) is 2.30. The molecule has 0 fully saturated rings. The van der Waals surface area contributed by atoms with E-state index in [1.54, 1.807) is 11.8 Å². The molecule has 0 amide bonds. The number of hydrogen-bond donors (Lipinski definition) is 1. The molecule has 1 heterocycles. The van der Waals surface area contributed by atoms with Crippen LogP contribution in [0.1, 0.15) is 25.2 Å². The van der Waals surface area contributed by atoms with Gasteiger partial charge in [0.15, 0.2) is 5.82 Å². The molecule has 96 valence electrons. The minimum Gasteiger partial charge on any atom is -0.343 e. The summed E-state index contributed by atoms with van der Waals surface area (Å²) >= 11 is 1.71. The molecule has 0 aliphatic heterocycles. The number of rotatable bonds is 6. The second kappa shape index (κ2) is 6.56. The first-order valence-corrected chi connectivity index (χ1v) is 6.93. The number of thioether (sulfide) groups is 1. The smallest absolute Gasteiger partial charge is 0.213 e. The Bertz CT molecular complexity index is 471. The molecule has 18 heavy (non-hydrogen) atoms. The number of benzene rings is 1. The number of aromatic nitrogens is 2. The van der Waals surface area contributed by atoms with E-state index in [4.69, 9.17) is 4.52 Å². The summed E-state index contributed by atoms with van der Waals surface area (Å²) in [5, 5.41) is 7.20. The van der Waals surface area contributed by atoms with Gasteiger partial charge in [-0.2, -0.15) is 4.98 Å². The maximum Gasteiger partial charge on any atom is 0.213 e. The van der Waals surface area contributed by atoms with Crippen molar-refractivity contribution < 1.29 is 4.52 Å². The molecule has 0 bridgehead atoms. The highest BCUT2D eigenvalue weighted by molar-refractivity contribution is 7.98. The third kappa shape index (κ3) is 4.16. The van der Waals surface area contributed by atoms with Crippen LogP contribution in [-0.2, 0) is 12.3 Å². The number of nitrogens with zero attached hydrogens (tertiary/aromatic N) is 2. The monoisotopic (exact) mass is 263 g/mol. The van der Waals surface area contributed by atoms with Crippen LogP contribution in [0.3, 0.4) is 0 Å². The molecule has 4 nitrogen and oxygen atoms in total. The second-order valence-corrected chi connectivity index (χ2v) is 5.37. The van der Waals surface area contributed by atoms with Gasteiger partial charge in [0.25, 0.3) is 0 Å². The molecule has 0 aliphatic carbocycles. The maximum atomic E-state index is 4.71. The van der Waals surface area contributed by atoms with E-state index >= 15 is 0 Å². The zero-order valence-electron chi connectivity index (χ0n) is 10.6. The third-order valence-electron chi connectivity index (χ3n) is 2.39. The Kier molecular flexibility index (Phi) is 4.78. The van der Waals surface area contributed by atoms with E-state index in [2.05, 4.69) is 53.6 Å². The lowest BCUT2D eigenvalue weighted by Crippen LogP contribution is -2.21. The minimum absolute atomic E-state index is 0.501. The Morgan fingerprint density at radius 1 is 1.39 bits per heavy atom. The van der Waals surface area contributed by atoms with Crippen LogP contribution in [0.4, 0.5) is 0 Å². The van der Waals surface area contributed by atoms with Gasteiger partial charge in [0.2, 0.25) is 6.39 Å². The van der Waals surface area contributed by atoms with Crippen molar-refractivity contribution in [2.45, 2.75) is 37.1 Å². The van der Waals surface area contributed by atoms with Crippen molar-refractivity contribution in [3.63, 3.8) is 0 Å². The highest BCUT2D eigenvalue weighted by Gasteiger charge is 2.02. The summed E-state index contributed by atoms with van der Waals surface area (Å²) < 4.78 is 4.71. The SMILES string of the molecule is CC(C)NCc1cccc(SCc2ncon2)c1. The molecule has 0 atom stereocenters. The van der Waals surface area contributed by atoms with Crippen molar-refractivity contribution in [1.29, 1.82) is 0 Å². The fourth-order valence-electron chi connectivity index (χ4n) is 1.47. The van der Waals surface area contributed by atoms with Crippen LogP contribution in [0.5, 0.6) is 0 Å². The zero-order valence-corrected chi connectivity index (χ0v) is 11.4. The Labute approximate surface area is 111 Å². The van der Waals surface area contributed by atoms with Gasteiger partial charge in [-0.15, -0.1) is 11.8 Å². The van der Waals surface area contributed by atoms with Crippen LogP contribution in [0, 0.1) is 0 Å². The average molecular weight is 263 g/mol. The van der Waals surface area contributed by atoms with Gasteiger partial charge >= 0.3 is 0 Å². The highest BCUT2D eigenvalue weighted by Crippen LogP contribution is 2.22. The molecule has 5 heteroatoms. The molecule has 0 aliphatic rings. The van der Waals surface area contributed by atoms with E-state index in [-0.39, 0.29) is 0 Å². The van der Waals surface area contributed by atoms with Gasteiger partial charge in [-0.3, -0.25) is 0 Å². The molecule has 0 spiro atoms. The Morgan fingerprint density at radius 2 is 2.28 bits per heavy atom. The van der Waals surface area contributed by atoms with Crippen molar-refractivity contribution >= 4 is 11.8 Å². The van der Waals surface area contributed by atoms with Crippen LogP contribution < -0.4 is 5.32 Å². The number of nitrogens with one attached hydrogen (secondary N) is 1. The van der Waals surface area contributed by atoms with Gasteiger partial charge in [-0.1, -0.05) is 31.1 Å². The van der Waals surface area contributed by atoms with E-state index in [0.717, 1.165) is 18.1 Å². The Hall–Kier alpha value is -1.33. The van der Waals surface area contributed by atoms with Crippen molar-refractivity contribution in [2.75, 3.05) is 0 Å². The normalized spacial score (nSPS) is 11.1. The number of hydrogen-bond acceptors (Lipinski definition) is 5. The van der Waals surface area contributed by atoms with Gasteiger partial charge < -0.3 is 9.84 Å². The average Bonchev–Trinajstić information content (AvgIpc) is 2.87. The van der Waals surface area contributed by atoms with Gasteiger partial charge in [-0.05, 0) is 17.7 Å². The second-order valence-electron chi connectivity index (χ2n) is 4.32. The summed E-state index contributed by atoms with van der Waals surface area (Å²) in [5.74, 6) is 1.46. The van der Waals surface area contributed by atoms with Crippen molar-refractivity contribution in [3.8, 4) is 0 Å². The first-order chi connectivity index (χ1) is 8.74. The Balaban J connectivity index is 1.90. The van der Waals surface area contributed by atoms with Crippen LogP contribution in [0.15, 0.2) is 40.1 Å². The summed E-state index contributed by atoms with van der Waals surface area (Å²) in [6.45, 7) is 5.19. The highest BCUT2D eigenvalue weighted by atomic mass is 32.2. The minimum atomic E-state index is 0.501. The fraction of sp³-hybridized carbons (Fsp3) is 0.385. The summed E-state index contributed by atoms with van der Waals surface area (Å²) in [4.78, 5) is 5.23. The molecule has 1 aromatic carbocycles. The van der Waals surface area contributed by atoms with Gasteiger partial charge in [0.1, 0.15) is 0 Å². The molecule has 0 radical (unpaired) electrons. The summed E-state index contributed by atoms with van der Waals surface area (Å²) in [6.07, 6.45) is 1.36. The lowest BCUT2D eigenvalue weighted by molar-refractivity contribution is 0.412. The maximum absolute atomic E-state index is 4.71. The van der Waals surface area contributed by atoms with Crippen molar-refractivity contribution in [1.82, 2.24) is 15.5 Å². The summed E-state index contributed by atoms with van der Waals surface area (Å²) in [5.41, 5.74) is 1.29. The van der Waals surface area contributed by atoms with Gasteiger partial charge in [0.05, 0.1) is 5.75 Å². The summed E-state index contributed by atoms with van der Waals surface area (Å²) in [6, 6.07) is 9.01. The lowest BCUT2D eigenvalue weighted by atomic mass is 10.2. The predicted molar refractivity (Wildman–Crippen MR) is 72.3 cm³/mol. The third-order valence-corrected chi connectivity index (χ3v) is 3.38. The molecule has 1 N–H and O–H groups in total. The van der Waals surface area contributed by atoms with Crippen molar-refractivity contribution in [3.05, 3.63) is 42.0 Å². The largest absolute Gasteiger partial charge is 0.343 e. The molecule has 1 aromatic heterocycles. The first-order valence-electron chi connectivity index (χ1n) is 5.94. The standard InChI is InChI=1S/C13H17N3OS/c1-10(2)14-7-11-4-3-5-12(6-11)18-8-13-15-9-17-16-13/h3-6,9-10,14H,7-8H2,1-2H3. The van der Waals surface area contributed by atoms with E-state index in [9.17, 15) is 0 Å². The topological polar surface area (TPSA) is 51.0 Å². The van der Waals surface area contributed by atoms with Crippen molar-refractivity contribution in [2.24, 2.45) is 0 Å². The molecular formula is C13H17N3OS. The van der Waals surface area contributed by atoms with Crippen LogP contribution in [0.2, 0.25) is 0 Å². The van der Waals surface area contributed by atoms with Gasteiger partial charge in [0, 0.05) is 17.5 Å². The molecule has 2 rings (SSSR count).